The number of aliphatic hydroxyl groups is 1. The first-order valence-electron chi connectivity index (χ1n) is 6.69. The summed E-state index contributed by atoms with van der Waals surface area (Å²) in [5.41, 5.74) is 2.12. The van der Waals surface area contributed by atoms with Crippen LogP contribution in [0.4, 0.5) is 0 Å². The molecule has 0 aliphatic carbocycles. The van der Waals surface area contributed by atoms with Crippen molar-refractivity contribution in [1.29, 1.82) is 0 Å². The number of amides is 1. The van der Waals surface area contributed by atoms with Gasteiger partial charge in [0, 0.05) is 24.3 Å². The van der Waals surface area contributed by atoms with Crippen molar-refractivity contribution < 1.29 is 14.6 Å². The molecule has 6 nitrogen and oxygen atoms in total. The fourth-order valence-electron chi connectivity index (χ4n) is 2.15. The Morgan fingerprint density at radius 2 is 2.19 bits per heavy atom. The second-order valence-electron chi connectivity index (χ2n) is 4.67. The molecule has 1 amide bonds. The quantitative estimate of drug-likeness (QED) is 0.841. The predicted molar refractivity (Wildman–Crippen MR) is 78.1 cm³/mol. The first-order chi connectivity index (χ1) is 10.2. The maximum atomic E-state index is 12.5. The van der Waals surface area contributed by atoms with Gasteiger partial charge in [0.2, 0.25) is 0 Å². The van der Waals surface area contributed by atoms with E-state index in [2.05, 4.69) is 10.2 Å². The van der Waals surface area contributed by atoms with E-state index >= 15 is 0 Å². The molecule has 1 heterocycles. The lowest BCUT2D eigenvalue weighted by molar-refractivity contribution is 0.0706. The summed E-state index contributed by atoms with van der Waals surface area (Å²) >= 11 is 0. The molecule has 0 spiro atoms. The minimum atomic E-state index is -0.166. The van der Waals surface area contributed by atoms with Crippen molar-refractivity contribution in [3.63, 3.8) is 0 Å². The van der Waals surface area contributed by atoms with Crippen molar-refractivity contribution >= 4 is 5.91 Å². The third-order valence-corrected chi connectivity index (χ3v) is 3.27. The molecule has 0 aliphatic heterocycles. The monoisotopic (exact) mass is 289 g/mol. The number of aliphatic hydroxyl groups excluding tert-OH is 1. The Labute approximate surface area is 123 Å². The maximum Gasteiger partial charge on any atom is 0.257 e. The molecule has 6 heteroatoms. The second-order valence-corrected chi connectivity index (χ2v) is 4.67. The van der Waals surface area contributed by atoms with Gasteiger partial charge in [-0.05, 0) is 13.0 Å². The Hall–Kier alpha value is -2.34. The molecule has 21 heavy (non-hydrogen) atoms. The largest absolute Gasteiger partial charge is 0.496 e. The Morgan fingerprint density at radius 3 is 2.81 bits per heavy atom. The van der Waals surface area contributed by atoms with Crippen LogP contribution >= 0.6 is 0 Å². The van der Waals surface area contributed by atoms with Gasteiger partial charge in [-0.25, -0.2) is 0 Å². The van der Waals surface area contributed by atoms with Crippen LogP contribution in [-0.2, 0) is 6.54 Å². The molecule has 0 atom stereocenters. The maximum absolute atomic E-state index is 12.5. The van der Waals surface area contributed by atoms with Crippen LogP contribution in [0.25, 0.3) is 0 Å². The van der Waals surface area contributed by atoms with Crippen molar-refractivity contribution in [2.75, 3.05) is 20.3 Å². The van der Waals surface area contributed by atoms with Gasteiger partial charge in [0.05, 0.1) is 25.5 Å². The normalized spacial score (nSPS) is 10.4. The lowest BCUT2D eigenvalue weighted by Gasteiger charge is -2.22. The molecule has 1 aromatic heterocycles. The topological polar surface area (TPSA) is 78.5 Å². The molecular formula is C15H19N3O3. The summed E-state index contributed by atoms with van der Waals surface area (Å²) in [6.45, 7) is 2.31. The van der Waals surface area contributed by atoms with Gasteiger partial charge in [0.15, 0.2) is 0 Å². The molecule has 2 rings (SSSR count). The summed E-state index contributed by atoms with van der Waals surface area (Å²) in [4.78, 5) is 14.1. The number of ether oxygens (including phenoxy) is 1. The smallest absolute Gasteiger partial charge is 0.257 e. The Balaban J connectivity index is 2.23. The van der Waals surface area contributed by atoms with Crippen LogP contribution in [0.5, 0.6) is 5.75 Å². The van der Waals surface area contributed by atoms with Gasteiger partial charge >= 0.3 is 0 Å². The van der Waals surface area contributed by atoms with E-state index in [1.54, 1.807) is 18.9 Å². The molecule has 1 aromatic carbocycles. The van der Waals surface area contributed by atoms with E-state index in [1.165, 1.54) is 6.20 Å². The van der Waals surface area contributed by atoms with Crippen LogP contribution in [0, 0.1) is 6.92 Å². The summed E-state index contributed by atoms with van der Waals surface area (Å²) in [6.07, 6.45) is 1.50. The lowest BCUT2D eigenvalue weighted by Crippen LogP contribution is -2.33. The molecule has 2 N–H and O–H groups in total. The number of nitrogens with zero attached hydrogens (tertiary/aromatic N) is 2. The Bertz CT molecular complexity index is 610. The summed E-state index contributed by atoms with van der Waals surface area (Å²) in [7, 11) is 1.59. The van der Waals surface area contributed by atoms with Crippen LogP contribution < -0.4 is 4.74 Å². The molecule has 0 fully saturated rings. The van der Waals surface area contributed by atoms with E-state index in [-0.39, 0.29) is 19.1 Å². The van der Waals surface area contributed by atoms with Gasteiger partial charge in [-0.15, -0.1) is 0 Å². The lowest BCUT2D eigenvalue weighted by atomic mass is 10.1. The third-order valence-electron chi connectivity index (χ3n) is 3.27. The van der Waals surface area contributed by atoms with E-state index < -0.39 is 0 Å². The minimum absolute atomic E-state index is 0.0994. The van der Waals surface area contributed by atoms with E-state index in [1.807, 2.05) is 24.3 Å². The number of aromatic nitrogens is 2. The van der Waals surface area contributed by atoms with Crippen LogP contribution in [0.1, 0.15) is 21.6 Å². The molecule has 0 saturated heterocycles. The molecule has 0 saturated carbocycles. The van der Waals surface area contributed by atoms with Crippen molar-refractivity contribution in [1.82, 2.24) is 15.1 Å². The number of hydrogen-bond donors (Lipinski definition) is 2. The molecule has 2 aromatic rings. The number of rotatable bonds is 6. The van der Waals surface area contributed by atoms with Crippen LogP contribution in [0.3, 0.4) is 0 Å². The van der Waals surface area contributed by atoms with Crippen LogP contribution in [-0.4, -0.2) is 46.4 Å². The number of H-pyrrole nitrogens is 1. The van der Waals surface area contributed by atoms with Gasteiger partial charge in [-0.2, -0.15) is 5.10 Å². The summed E-state index contributed by atoms with van der Waals surface area (Å²) in [5, 5.41) is 15.8. The van der Waals surface area contributed by atoms with Crippen molar-refractivity contribution in [3.8, 4) is 5.75 Å². The van der Waals surface area contributed by atoms with Gasteiger partial charge in [0.25, 0.3) is 5.91 Å². The number of aromatic amines is 1. The zero-order chi connectivity index (χ0) is 15.2. The van der Waals surface area contributed by atoms with Gasteiger partial charge in [-0.3, -0.25) is 9.89 Å². The van der Waals surface area contributed by atoms with Gasteiger partial charge in [0.1, 0.15) is 5.75 Å². The van der Waals surface area contributed by atoms with Crippen LogP contribution in [0.15, 0.2) is 30.5 Å². The number of para-hydroxylation sites is 1. The molecule has 0 bridgehead atoms. The SMILES string of the molecule is COc1ccccc1CN(CCO)C(=O)c1cn[nH]c1C. The van der Waals surface area contributed by atoms with Crippen LogP contribution in [0.2, 0.25) is 0 Å². The summed E-state index contributed by atoms with van der Waals surface area (Å²) in [5.74, 6) is 0.554. The number of carbonyl (C=O) groups is 1. The molecule has 112 valence electrons. The number of carbonyl (C=O) groups excluding carboxylic acids is 1. The highest BCUT2D eigenvalue weighted by molar-refractivity contribution is 5.95. The molecule has 0 radical (unpaired) electrons. The Morgan fingerprint density at radius 1 is 1.43 bits per heavy atom. The standard InChI is InChI=1S/C15H19N3O3/c1-11-13(9-16-17-11)15(20)18(7-8-19)10-12-5-3-4-6-14(12)21-2/h3-6,9,19H,7-8,10H2,1-2H3,(H,16,17). The summed E-state index contributed by atoms with van der Waals surface area (Å²) < 4.78 is 5.30. The van der Waals surface area contributed by atoms with E-state index in [0.29, 0.717) is 17.8 Å². The van der Waals surface area contributed by atoms with Crippen molar-refractivity contribution in [2.45, 2.75) is 13.5 Å². The highest BCUT2D eigenvalue weighted by atomic mass is 16.5. The number of aryl methyl sites for hydroxylation is 1. The number of benzene rings is 1. The molecular weight excluding hydrogens is 270 g/mol. The minimum Gasteiger partial charge on any atom is -0.496 e. The van der Waals surface area contributed by atoms with Gasteiger partial charge < -0.3 is 14.7 Å². The van der Waals surface area contributed by atoms with Crippen molar-refractivity contribution in [2.24, 2.45) is 0 Å². The number of hydrogen-bond acceptors (Lipinski definition) is 4. The van der Waals surface area contributed by atoms with E-state index in [9.17, 15) is 9.90 Å². The fourth-order valence-corrected chi connectivity index (χ4v) is 2.15. The third kappa shape index (κ3) is 3.41. The fraction of sp³-hybridized carbons (Fsp3) is 0.333. The number of nitrogens with one attached hydrogen (secondary N) is 1. The zero-order valence-electron chi connectivity index (χ0n) is 12.2. The first kappa shape index (κ1) is 15.1. The highest BCUT2D eigenvalue weighted by Gasteiger charge is 2.20. The summed E-state index contributed by atoms with van der Waals surface area (Å²) in [6, 6.07) is 7.52. The average Bonchev–Trinajstić information content (AvgIpc) is 2.92. The zero-order valence-corrected chi connectivity index (χ0v) is 12.2. The predicted octanol–water partition coefficient (Wildman–Crippen LogP) is 1.36. The molecule has 0 aliphatic rings. The first-order valence-corrected chi connectivity index (χ1v) is 6.69. The van der Waals surface area contributed by atoms with Gasteiger partial charge in [-0.1, -0.05) is 18.2 Å². The second kappa shape index (κ2) is 6.90. The van der Waals surface area contributed by atoms with E-state index in [4.69, 9.17) is 4.74 Å². The number of methoxy groups -OCH3 is 1. The van der Waals surface area contributed by atoms with E-state index in [0.717, 1.165) is 11.3 Å². The highest BCUT2D eigenvalue weighted by Crippen LogP contribution is 2.20. The molecule has 0 unspecified atom stereocenters. The average molecular weight is 289 g/mol. The van der Waals surface area contributed by atoms with Crippen molar-refractivity contribution in [3.05, 3.63) is 47.3 Å². The Kier molecular flexibility index (Phi) is 4.94.